The van der Waals surface area contributed by atoms with Crippen LogP contribution in [0.15, 0.2) is 18.2 Å². The summed E-state index contributed by atoms with van der Waals surface area (Å²) >= 11 is 0. The maximum atomic E-state index is 13.2. The molecule has 1 amide bonds. The van der Waals surface area contributed by atoms with Gasteiger partial charge in [0.05, 0.1) is 17.7 Å². The first-order chi connectivity index (χ1) is 16.8. The normalized spacial score (nSPS) is 24.9. The molecule has 1 heterocycles. The van der Waals surface area contributed by atoms with Gasteiger partial charge in [-0.3, -0.25) is 4.79 Å². The molecule has 4 unspecified atom stereocenters. The Labute approximate surface area is 210 Å². The number of benzene rings is 1. The highest BCUT2D eigenvalue weighted by Gasteiger charge is 2.39. The van der Waals surface area contributed by atoms with E-state index in [9.17, 15) is 31.1 Å². The van der Waals surface area contributed by atoms with Crippen molar-refractivity contribution in [2.75, 3.05) is 26.8 Å². The number of nitrogens with zero attached hydrogens (tertiary/aromatic N) is 2. The molecule has 0 N–H and O–H groups in total. The van der Waals surface area contributed by atoms with Gasteiger partial charge in [0.2, 0.25) is 5.91 Å². The first kappa shape index (κ1) is 30.4. The molecule has 3 rings (SSSR count). The fraction of sp³-hybridized carbons (Fsp3) is 0.731. The van der Waals surface area contributed by atoms with E-state index >= 15 is 0 Å². The molecule has 0 spiro atoms. The summed E-state index contributed by atoms with van der Waals surface area (Å²) in [4.78, 5) is 16.9. The quantitative estimate of drug-likeness (QED) is 0.392. The monoisotopic (exact) mass is 524 g/mol. The van der Waals surface area contributed by atoms with Crippen molar-refractivity contribution in [1.82, 2.24) is 9.80 Å². The largest absolute Gasteiger partial charge is 0.416 e. The van der Waals surface area contributed by atoms with Crippen molar-refractivity contribution in [3.8, 4) is 0 Å². The first-order valence-corrected chi connectivity index (χ1v) is 12.7. The standard InChI is InChI=1S/C24H32F6N2O2.C2H6/c1-4-32(13-16-9-18(23(25,26)27)12-19(10-16)24(28,29)30)22(33)17-5-6-20(11-17)31(3)21-7-8-34-14-15(21)2;1-2/h9-10,12,15,17,20-21H,4-8,11,13-14H2,1-3H3;1-2H3. The van der Waals surface area contributed by atoms with Crippen LogP contribution in [-0.4, -0.2) is 54.6 Å². The molecule has 0 radical (unpaired) electrons. The molecule has 4 nitrogen and oxygen atoms in total. The predicted molar refractivity (Wildman–Crippen MR) is 126 cm³/mol. The minimum atomic E-state index is -4.92. The minimum Gasteiger partial charge on any atom is -0.381 e. The molecular formula is C26H38F6N2O2. The highest BCUT2D eigenvalue weighted by molar-refractivity contribution is 5.79. The second-order valence-corrected chi connectivity index (χ2v) is 9.50. The fourth-order valence-electron chi connectivity index (χ4n) is 5.23. The average molecular weight is 525 g/mol. The Bertz CT molecular complexity index is 826. The van der Waals surface area contributed by atoms with Gasteiger partial charge in [0.15, 0.2) is 0 Å². The van der Waals surface area contributed by atoms with Gasteiger partial charge in [0.1, 0.15) is 0 Å². The Morgan fingerprint density at radius 1 is 1.00 bits per heavy atom. The summed E-state index contributed by atoms with van der Waals surface area (Å²) in [6, 6.07) is 2.08. The van der Waals surface area contributed by atoms with E-state index < -0.39 is 23.5 Å². The molecule has 0 aromatic heterocycles. The number of rotatable bonds is 6. The molecule has 2 fully saturated rings. The van der Waals surface area contributed by atoms with Gasteiger partial charge < -0.3 is 14.5 Å². The van der Waals surface area contributed by atoms with E-state index in [1.54, 1.807) is 6.92 Å². The lowest BCUT2D eigenvalue weighted by Gasteiger charge is -2.39. The van der Waals surface area contributed by atoms with Gasteiger partial charge in [0.25, 0.3) is 0 Å². The van der Waals surface area contributed by atoms with E-state index in [2.05, 4.69) is 18.9 Å². The molecule has 206 valence electrons. The fourth-order valence-corrected chi connectivity index (χ4v) is 5.23. The van der Waals surface area contributed by atoms with Crippen LogP contribution in [0.1, 0.15) is 70.1 Å². The number of hydrogen-bond acceptors (Lipinski definition) is 3. The molecule has 4 atom stereocenters. The molecule has 10 heteroatoms. The number of amides is 1. The summed E-state index contributed by atoms with van der Waals surface area (Å²) in [5, 5.41) is 0. The van der Waals surface area contributed by atoms with Crippen molar-refractivity contribution in [2.24, 2.45) is 11.8 Å². The summed E-state index contributed by atoms with van der Waals surface area (Å²) in [6.45, 7) is 9.12. The van der Waals surface area contributed by atoms with Gasteiger partial charge in [-0.25, -0.2) is 0 Å². The molecule has 1 saturated carbocycles. The highest BCUT2D eigenvalue weighted by Crippen LogP contribution is 2.37. The Balaban J connectivity index is 0.00000222. The summed E-state index contributed by atoms with van der Waals surface area (Å²) in [6.07, 6.45) is -6.80. The lowest BCUT2D eigenvalue weighted by Crippen LogP contribution is -2.47. The zero-order valence-electron chi connectivity index (χ0n) is 21.7. The van der Waals surface area contributed by atoms with Gasteiger partial charge in [-0.05, 0) is 69.3 Å². The van der Waals surface area contributed by atoms with Crippen LogP contribution < -0.4 is 0 Å². The van der Waals surface area contributed by atoms with Crippen molar-refractivity contribution in [1.29, 1.82) is 0 Å². The summed E-state index contributed by atoms with van der Waals surface area (Å²) in [7, 11) is 2.06. The zero-order chi connectivity index (χ0) is 27.3. The van der Waals surface area contributed by atoms with Gasteiger partial charge in [0, 0.05) is 37.7 Å². The topological polar surface area (TPSA) is 32.8 Å². The third kappa shape index (κ3) is 7.60. The molecule has 0 bridgehead atoms. The first-order valence-electron chi connectivity index (χ1n) is 12.7. The van der Waals surface area contributed by atoms with Crippen LogP contribution in [0.4, 0.5) is 26.3 Å². The van der Waals surface area contributed by atoms with E-state index in [0.717, 1.165) is 12.8 Å². The highest BCUT2D eigenvalue weighted by atomic mass is 19.4. The zero-order valence-corrected chi connectivity index (χ0v) is 21.7. The average Bonchev–Trinajstić information content (AvgIpc) is 3.32. The molecule has 1 aliphatic carbocycles. The van der Waals surface area contributed by atoms with Crippen molar-refractivity contribution in [3.05, 3.63) is 34.9 Å². The number of alkyl halides is 6. The van der Waals surface area contributed by atoms with E-state index in [-0.39, 0.29) is 42.6 Å². The lowest BCUT2D eigenvalue weighted by molar-refractivity contribution is -0.143. The van der Waals surface area contributed by atoms with Gasteiger partial charge in [-0.1, -0.05) is 20.8 Å². The van der Waals surface area contributed by atoms with E-state index in [0.29, 0.717) is 50.1 Å². The molecule has 1 saturated heterocycles. The second kappa shape index (κ2) is 12.6. The summed E-state index contributed by atoms with van der Waals surface area (Å²) in [5.41, 5.74) is -2.91. The third-order valence-corrected chi connectivity index (χ3v) is 7.16. The second-order valence-electron chi connectivity index (χ2n) is 9.50. The van der Waals surface area contributed by atoms with E-state index in [1.807, 2.05) is 13.8 Å². The van der Waals surface area contributed by atoms with Crippen LogP contribution in [0, 0.1) is 11.8 Å². The van der Waals surface area contributed by atoms with Crippen LogP contribution in [-0.2, 0) is 28.4 Å². The Morgan fingerprint density at radius 2 is 1.58 bits per heavy atom. The van der Waals surface area contributed by atoms with Crippen molar-refractivity contribution in [3.63, 3.8) is 0 Å². The maximum absolute atomic E-state index is 13.2. The smallest absolute Gasteiger partial charge is 0.381 e. The third-order valence-electron chi connectivity index (χ3n) is 7.16. The number of halogens is 6. The van der Waals surface area contributed by atoms with Crippen LogP contribution in [0.2, 0.25) is 0 Å². The number of carbonyl (C=O) groups is 1. The van der Waals surface area contributed by atoms with E-state index in [4.69, 9.17) is 4.74 Å². The summed E-state index contributed by atoms with van der Waals surface area (Å²) in [5.74, 6) is -0.135. The molecule has 1 aromatic rings. The van der Waals surface area contributed by atoms with Gasteiger partial charge >= 0.3 is 12.4 Å². The molecule has 36 heavy (non-hydrogen) atoms. The summed E-state index contributed by atoms with van der Waals surface area (Å²) < 4.78 is 84.7. The van der Waals surface area contributed by atoms with Crippen molar-refractivity contribution < 1.29 is 35.9 Å². The van der Waals surface area contributed by atoms with E-state index in [1.165, 1.54) is 4.90 Å². The molecule has 2 aliphatic rings. The molecule has 1 aromatic carbocycles. The van der Waals surface area contributed by atoms with Crippen molar-refractivity contribution in [2.45, 2.75) is 84.4 Å². The van der Waals surface area contributed by atoms with Crippen molar-refractivity contribution >= 4 is 5.91 Å². The number of ether oxygens (including phenoxy) is 1. The number of hydrogen-bond donors (Lipinski definition) is 0. The maximum Gasteiger partial charge on any atom is 0.416 e. The van der Waals surface area contributed by atoms with Crippen LogP contribution >= 0.6 is 0 Å². The Hall–Kier alpha value is -1.81. The molecule has 1 aliphatic heterocycles. The van der Waals surface area contributed by atoms with Crippen LogP contribution in [0.3, 0.4) is 0 Å². The Kier molecular flexibility index (Phi) is 10.7. The lowest BCUT2D eigenvalue weighted by atomic mass is 9.94. The minimum absolute atomic E-state index is 0.107. The number of carbonyl (C=O) groups excluding carboxylic acids is 1. The Morgan fingerprint density at radius 3 is 2.08 bits per heavy atom. The van der Waals surface area contributed by atoms with Gasteiger partial charge in [-0.2, -0.15) is 26.3 Å². The van der Waals surface area contributed by atoms with Crippen LogP contribution in [0.5, 0.6) is 0 Å². The van der Waals surface area contributed by atoms with Crippen LogP contribution in [0.25, 0.3) is 0 Å². The predicted octanol–water partition coefficient (Wildman–Crippen LogP) is 6.62. The van der Waals surface area contributed by atoms with Gasteiger partial charge in [-0.15, -0.1) is 0 Å². The SMILES string of the molecule is CC.CCN(Cc1cc(C(F)(F)F)cc(C(F)(F)F)c1)C(=O)C1CCC(N(C)C2CCOCC2C)C1. The molecular weight excluding hydrogens is 486 g/mol.